The monoisotopic (exact) mass is 454 g/mol. The van der Waals surface area contributed by atoms with Crippen LogP contribution in [0.1, 0.15) is 35.4 Å². The third-order valence-electron chi connectivity index (χ3n) is 5.62. The normalized spacial score (nSPS) is 19.2. The lowest BCUT2D eigenvalue weighted by Crippen LogP contribution is -2.33. The topological polar surface area (TPSA) is 43.3 Å². The first-order valence-electron chi connectivity index (χ1n) is 9.87. The molecule has 158 valence electrons. The van der Waals surface area contributed by atoms with Crippen LogP contribution in [0.3, 0.4) is 0 Å². The molecule has 0 saturated heterocycles. The zero-order chi connectivity index (χ0) is 21.5. The minimum atomic E-state index is -0.367. The van der Waals surface area contributed by atoms with Gasteiger partial charge in [-0.3, -0.25) is 0 Å². The van der Waals surface area contributed by atoms with E-state index in [0.29, 0.717) is 21.5 Å². The molecular formula is C24H20Cl2N2O3. The summed E-state index contributed by atoms with van der Waals surface area (Å²) >= 11 is 12.4. The zero-order valence-electron chi connectivity index (χ0n) is 17.0. The van der Waals surface area contributed by atoms with Gasteiger partial charge >= 0.3 is 0 Å². The third-order valence-corrected chi connectivity index (χ3v) is 6.11. The Bertz CT molecular complexity index is 1160. The predicted octanol–water partition coefficient (Wildman–Crippen LogP) is 6.25. The number of rotatable bonds is 4. The van der Waals surface area contributed by atoms with Crippen LogP contribution in [0.15, 0.2) is 65.8 Å². The molecule has 5 rings (SSSR count). The van der Waals surface area contributed by atoms with Crippen LogP contribution >= 0.6 is 23.2 Å². The number of benzene rings is 3. The minimum Gasteiger partial charge on any atom is -0.493 e. The maximum Gasteiger partial charge on any atom is 0.213 e. The molecular weight excluding hydrogens is 435 g/mol. The molecule has 2 aliphatic heterocycles. The van der Waals surface area contributed by atoms with Gasteiger partial charge in [-0.1, -0.05) is 35.3 Å². The minimum absolute atomic E-state index is 0.00576. The molecule has 7 heteroatoms. The van der Waals surface area contributed by atoms with E-state index < -0.39 is 0 Å². The molecule has 0 bridgehead atoms. The molecule has 5 nitrogen and oxygen atoms in total. The van der Waals surface area contributed by atoms with Crippen LogP contribution in [0.5, 0.6) is 17.2 Å². The van der Waals surface area contributed by atoms with E-state index >= 15 is 0 Å². The van der Waals surface area contributed by atoms with Crippen LogP contribution in [0.4, 0.5) is 0 Å². The number of hydrazone groups is 1. The van der Waals surface area contributed by atoms with Crippen molar-refractivity contribution in [1.29, 1.82) is 0 Å². The van der Waals surface area contributed by atoms with Gasteiger partial charge in [0, 0.05) is 33.2 Å². The third kappa shape index (κ3) is 3.58. The molecule has 3 aromatic carbocycles. The van der Waals surface area contributed by atoms with Crippen molar-refractivity contribution < 1.29 is 14.2 Å². The summed E-state index contributed by atoms with van der Waals surface area (Å²) in [5.74, 6) is 2.16. The maximum absolute atomic E-state index is 6.36. The Morgan fingerprint density at radius 2 is 1.65 bits per heavy atom. The highest BCUT2D eigenvalue weighted by Gasteiger charge is 2.41. The lowest BCUT2D eigenvalue weighted by molar-refractivity contribution is -0.0190. The molecule has 0 amide bonds. The summed E-state index contributed by atoms with van der Waals surface area (Å²) in [6.45, 7) is 0. The van der Waals surface area contributed by atoms with E-state index in [0.717, 1.165) is 34.6 Å². The summed E-state index contributed by atoms with van der Waals surface area (Å²) in [4.78, 5) is 0. The zero-order valence-corrected chi connectivity index (χ0v) is 18.5. The molecule has 2 aliphatic rings. The lowest BCUT2D eigenvalue weighted by Gasteiger charge is -2.38. The molecule has 0 N–H and O–H groups in total. The first-order valence-corrected chi connectivity index (χ1v) is 10.6. The smallest absolute Gasteiger partial charge is 0.213 e. The Kier molecular flexibility index (Phi) is 5.16. The van der Waals surface area contributed by atoms with E-state index in [4.69, 9.17) is 42.5 Å². The quantitative estimate of drug-likeness (QED) is 0.466. The average molecular weight is 455 g/mol. The Labute approximate surface area is 190 Å². The van der Waals surface area contributed by atoms with Gasteiger partial charge in [0.2, 0.25) is 6.23 Å². The number of fused-ring (bicyclic) bond motifs is 3. The van der Waals surface area contributed by atoms with Crippen molar-refractivity contribution in [1.82, 2.24) is 5.01 Å². The van der Waals surface area contributed by atoms with Gasteiger partial charge in [0.25, 0.3) is 0 Å². The van der Waals surface area contributed by atoms with Crippen LogP contribution in [-0.2, 0) is 0 Å². The number of hydrogen-bond donors (Lipinski definition) is 0. The Hall–Kier alpha value is -2.89. The van der Waals surface area contributed by atoms with E-state index in [-0.39, 0.29) is 12.3 Å². The van der Waals surface area contributed by atoms with Crippen LogP contribution < -0.4 is 14.2 Å². The predicted molar refractivity (Wildman–Crippen MR) is 122 cm³/mol. The van der Waals surface area contributed by atoms with Crippen LogP contribution in [0, 0.1) is 0 Å². The van der Waals surface area contributed by atoms with Gasteiger partial charge in [-0.2, -0.15) is 5.10 Å². The van der Waals surface area contributed by atoms with Gasteiger partial charge in [-0.25, -0.2) is 5.01 Å². The van der Waals surface area contributed by atoms with Gasteiger partial charge in [-0.05, 0) is 48.5 Å². The number of ether oxygens (including phenoxy) is 3. The van der Waals surface area contributed by atoms with Gasteiger partial charge in [-0.15, -0.1) is 0 Å². The molecule has 3 aromatic rings. The molecule has 0 fully saturated rings. The van der Waals surface area contributed by atoms with Gasteiger partial charge in [0.1, 0.15) is 5.75 Å². The first kappa shape index (κ1) is 20.0. The fraction of sp³-hybridized carbons (Fsp3) is 0.208. The lowest BCUT2D eigenvalue weighted by atomic mass is 9.95. The van der Waals surface area contributed by atoms with Gasteiger partial charge < -0.3 is 14.2 Å². The van der Waals surface area contributed by atoms with E-state index in [1.807, 2.05) is 65.7 Å². The van der Waals surface area contributed by atoms with Crippen LogP contribution in [0.2, 0.25) is 10.0 Å². The van der Waals surface area contributed by atoms with E-state index in [2.05, 4.69) is 0 Å². The molecule has 0 radical (unpaired) electrons. The molecule has 0 aliphatic carbocycles. The van der Waals surface area contributed by atoms with Gasteiger partial charge in [0.15, 0.2) is 11.5 Å². The number of nitrogens with zero attached hydrogens (tertiary/aromatic N) is 2. The summed E-state index contributed by atoms with van der Waals surface area (Å²) in [5, 5.41) is 8.33. The van der Waals surface area contributed by atoms with Gasteiger partial charge in [0.05, 0.1) is 26.0 Å². The number of hydrogen-bond acceptors (Lipinski definition) is 5. The second kappa shape index (κ2) is 7.98. The molecule has 31 heavy (non-hydrogen) atoms. The Morgan fingerprint density at radius 3 is 2.39 bits per heavy atom. The summed E-state index contributed by atoms with van der Waals surface area (Å²) < 4.78 is 17.2. The molecule has 0 saturated carbocycles. The highest BCUT2D eigenvalue weighted by molar-refractivity contribution is 6.30. The summed E-state index contributed by atoms with van der Waals surface area (Å²) in [6, 6.07) is 19.2. The first-order chi connectivity index (χ1) is 15.1. The van der Waals surface area contributed by atoms with Crippen molar-refractivity contribution in [3.05, 3.63) is 87.4 Å². The highest BCUT2D eigenvalue weighted by Crippen LogP contribution is 2.48. The molecule has 2 heterocycles. The van der Waals surface area contributed by atoms with E-state index in [9.17, 15) is 0 Å². The summed E-state index contributed by atoms with van der Waals surface area (Å²) in [6.07, 6.45) is 0.351. The standard InChI is InChI=1S/C24H20Cl2N2O3/c1-29-22-9-5-15(11-23(22)30-2)19-13-20-18-12-17(26)8-10-21(18)31-24(28(20)27-19)14-3-6-16(25)7-4-14/h3-12,20,24H,13H2,1-2H3/t20-,24+/m0/s1. The van der Waals surface area contributed by atoms with E-state index in [1.165, 1.54) is 0 Å². The summed E-state index contributed by atoms with van der Waals surface area (Å²) in [7, 11) is 3.25. The van der Waals surface area contributed by atoms with Crippen LogP contribution in [-0.4, -0.2) is 24.9 Å². The number of methoxy groups -OCH3 is 2. The van der Waals surface area contributed by atoms with Crippen molar-refractivity contribution in [3.63, 3.8) is 0 Å². The Morgan fingerprint density at radius 1 is 0.903 bits per heavy atom. The largest absolute Gasteiger partial charge is 0.493 e. The summed E-state index contributed by atoms with van der Waals surface area (Å²) in [5.41, 5.74) is 3.93. The second-order valence-corrected chi connectivity index (χ2v) is 8.29. The van der Waals surface area contributed by atoms with Crippen molar-refractivity contribution in [2.45, 2.75) is 18.7 Å². The van der Waals surface area contributed by atoms with Crippen molar-refractivity contribution in [2.24, 2.45) is 5.10 Å². The fourth-order valence-corrected chi connectivity index (χ4v) is 4.40. The highest BCUT2D eigenvalue weighted by atomic mass is 35.5. The molecule has 0 aromatic heterocycles. The fourth-order valence-electron chi connectivity index (χ4n) is 4.10. The SMILES string of the molecule is COc1ccc(C2=NN3[C@@H](c4ccc(Cl)cc4)Oc4ccc(Cl)cc4[C@@H]3C2)cc1OC. The maximum atomic E-state index is 6.36. The molecule has 2 atom stereocenters. The molecule has 0 unspecified atom stereocenters. The second-order valence-electron chi connectivity index (χ2n) is 7.42. The van der Waals surface area contributed by atoms with Crippen LogP contribution in [0.25, 0.3) is 0 Å². The van der Waals surface area contributed by atoms with Crippen molar-refractivity contribution in [2.75, 3.05) is 14.2 Å². The van der Waals surface area contributed by atoms with Crippen molar-refractivity contribution in [3.8, 4) is 17.2 Å². The molecule has 0 spiro atoms. The van der Waals surface area contributed by atoms with Crippen molar-refractivity contribution >= 4 is 28.9 Å². The Balaban J connectivity index is 1.58. The number of halogens is 2. The van der Waals surface area contributed by atoms with E-state index in [1.54, 1.807) is 14.2 Å². The average Bonchev–Trinajstić information content (AvgIpc) is 3.24.